The molecule has 1 unspecified atom stereocenters. The molecule has 2 heterocycles. The number of nitrogens with zero attached hydrogens (tertiary/aromatic N) is 2. The molecule has 0 radical (unpaired) electrons. The third-order valence-electron chi connectivity index (χ3n) is 3.79. The molecule has 0 saturated heterocycles. The van der Waals surface area contributed by atoms with Crippen molar-refractivity contribution in [3.05, 3.63) is 73.2 Å². The van der Waals surface area contributed by atoms with Gasteiger partial charge in [-0.25, -0.2) is 0 Å². The highest BCUT2D eigenvalue weighted by Gasteiger charge is 2.20. The van der Waals surface area contributed by atoms with Crippen molar-refractivity contribution in [2.75, 3.05) is 6.54 Å². The fourth-order valence-electron chi connectivity index (χ4n) is 2.68. The first-order chi connectivity index (χ1) is 11.6. The van der Waals surface area contributed by atoms with Gasteiger partial charge in [0.25, 0.3) is 5.91 Å². The fraction of sp³-hybridized carbons (Fsp3) is 0.222. The zero-order valence-electron chi connectivity index (χ0n) is 13.5. The van der Waals surface area contributed by atoms with Crippen LogP contribution in [0.2, 0.25) is 0 Å². The second-order valence-corrected chi connectivity index (χ2v) is 7.73. The van der Waals surface area contributed by atoms with Crippen LogP contribution in [0.1, 0.15) is 32.7 Å². The van der Waals surface area contributed by atoms with Gasteiger partial charge in [0.1, 0.15) is 6.04 Å². The number of rotatable bonds is 5. The van der Waals surface area contributed by atoms with Crippen LogP contribution >= 0.6 is 33.9 Å². The Hall–Kier alpha value is -1.67. The van der Waals surface area contributed by atoms with E-state index in [4.69, 9.17) is 0 Å². The Morgan fingerprint density at radius 1 is 1.29 bits per heavy atom. The maximum Gasteiger partial charge on any atom is 0.252 e. The fourth-order valence-corrected chi connectivity index (χ4v) is 4.12. The van der Waals surface area contributed by atoms with Crippen LogP contribution in [0.5, 0.6) is 0 Å². The van der Waals surface area contributed by atoms with Crippen molar-refractivity contribution in [2.45, 2.75) is 19.9 Å². The molecule has 3 aromatic rings. The number of aromatic nitrogens is 2. The summed E-state index contributed by atoms with van der Waals surface area (Å²) in [5.74, 6) is -0.0527. The minimum absolute atomic E-state index is 0.00373. The van der Waals surface area contributed by atoms with E-state index in [0.29, 0.717) is 12.1 Å². The summed E-state index contributed by atoms with van der Waals surface area (Å²) in [6.07, 6.45) is 0. The van der Waals surface area contributed by atoms with Crippen molar-refractivity contribution >= 4 is 39.8 Å². The predicted octanol–water partition coefficient (Wildman–Crippen LogP) is 4.19. The van der Waals surface area contributed by atoms with E-state index < -0.39 is 0 Å². The molecule has 0 bridgehead atoms. The third kappa shape index (κ3) is 3.70. The van der Waals surface area contributed by atoms with Gasteiger partial charge in [0, 0.05) is 20.7 Å². The average molecular weight is 451 g/mol. The summed E-state index contributed by atoms with van der Waals surface area (Å²) in [7, 11) is 0. The third-order valence-corrected chi connectivity index (χ3v) is 5.70. The van der Waals surface area contributed by atoms with E-state index in [0.717, 1.165) is 15.0 Å². The van der Waals surface area contributed by atoms with Crippen LogP contribution in [0.4, 0.5) is 0 Å². The number of nitrogens with one attached hydrogen (secondary N) is 1. The summed E-state index contributed by atoms with van der Waals surface area (Å²) in [6.45, 7) is 4.54. The van der Waals surface area contributed by atoms with Crippen LogP contribution in [0.15, 0.2) is 47.8 Å². The van der Waals surface area contributed by atoms with Gasteiger partial charge in [-0.2, -0.15) is 5.10 Å². The van der Waals surface area contributed by atoms with Crippen LogP contribution in [-0.4, -0.2) is 22.2 Å². The van der Waals surface area contributed by atoms with Crippen molar-refractivity contribution in [3.63, 3.8) is 0 Å². The molecule has 0 saturated carbocycles. The van der Waals surface area contributed by atoms with Gasteiger partial charge in [-0.15, -0.1) is 11.3 Å². The Bertz CT molecular complexity index is 842. The standard InChI is InChI=1S/C18H18IN3OS/c1-12-10-13(2)22(21-12)16(17-8-5-9-24-17)11-20-18(23)14-6-3-4-7-15(14)19/h3-10,16H,11H2,1-2H3,(H,20,23). The highest BCUT2D eigenvalue weighted by Crippen LogP contribution is 2.24. The van der Waals surface area contributed by atoms with Gasteiger partial charge in [0.2, 0.25) is 0 Å². The van der Waals surface area contributed by atoms with Crippen LogP contribution in [0.25, 0.3) is 0 Å². The average Bonchev–Trinajstić information content (AvgIpc) is 3.18. The van der Waals surface area contributed by atoms with E-state index in [1.807, 2.05) is 48.9 Å². The quantitative estimate of drug-likeness (QED) is 0.592. The Morgan fingerprint density at radius 2 is 2.08 bits per heavy atom. The number of carbonyl (C=O) groups is 1. The highest BCUT2D eigenvalue weighted by atomic mass is 127. The van der Waals surface area contributed by atoms with Gasteiger partial charge < -0.3 is 5.32 Å². The maximum absolute atomic E-state index is 12.5. The molecule has 1 aromatic carbocycles. The Morgan fingerprint density at radius 3 is 2.71 bits per heavy atom. The lowest BCUT2D eigenvalue weighted by atomic mass is 10.2. The molecular weight excluding hydrogens is 433 g/mol. The van der Waals surface area contributed by atoms with Gasteiger partial charge in [-0.3, -0.25) is 9.48 Å². The lowest BCUT2D eigenvalue weighted by Gasteiger charge is -2.19. The number of amides is 1. The number of halogens is 1. The molecule has 1 amide bonds. The normalized spacial score (nSPS) is 12.1. The summed E-state index contributed by atoms with van der Waals surface area (Å²) < 4.78 is 2.95. The Balaban J connectivity index is 1.82. The van der Waals surface area contributed by atoms with Crippen molar-refractivity contribution < 1.29 is 4.79 Å². The van der Waals surface area contributed by atoms with Crippen molar-refractivity contribution in [2.24, 2.45) is 0 Å². The topological polar surface area (TPSA) is 46.9 Å². The second kappa shape index (κ2) is 7.48. The molecule has 0 fully saturated rings. The van der Waals surface area contributed by atoms with E-state index in [9.17, 15) is 4.79 Å². The van der Waals surface area contributed by atoms with E-state index in [-0.39, 0.29) is 11.9 Å². The summed E-state index contributed by atoms with van der Waals surface area (Å²) >= 11 is 3.87. The van der Waals surface area contributed by atoms with Crippen LogP contribution in [0.3, 0.4) is 0 Å². The van der Waals surface area contributed by atoms with Crippen LogP contribution in [-0.2, 0) is 0 Å². The molecule has 6 heteroatoms. The number of benzene rings is 1. The monoisotopic (exact) mass is 451 g/mol. The van der Waals surface area contributed by atoms with E-state index >= 15 is 0 Å². The molecule has 0 aliphatic heterocycles. The first kappa shape index (κ1) is 17.2. The molecular formula is C18H18IN3OS. The smallest absolute Gasteiger partial charge is 0.252 e. The van der Waals surface area contributed by atoms with E-state index in [1.54, 1.807) is 11.3 Å². The van der Waals surface area contributed by atoms with Gasteiger partial charge in [-0.05, 0) is 66.1 Å². The lowest BCUT2D eigenvalue weighted by molar-refractivity contribution is 0.0948. The molecule has 0 aliphatic rings. The first-order valence-electron chi connectivity index (χ1n) is 7.65. The van der Waals surface area contributed by atoms with Crippen LogP contribution in [0, 0.1) is 17.4 Å². The van der Waals surface area contributed by atoms with Gasteiger partial charge in [0.05, 0.1) is 11.3 Å². The van der Waals surface area contributed by atoms with Gasteiger partial charge in [-0.1, -0.05) is 18.2 Å². The van der Waals surface area contributed by atoms with E-state index in [2.05, 4.69) is 50.5 Å². The lowest BCUT2D eigenvalue weighted by Crippen LogP contribution is -2.32. The Kier molecular flexibility index (Phi) is 5.35. The number of thiophene rings is 1. The summed E-state index contributed by atoms with van der Waals surface area (Å²) in [4.78, 5) is 13.7. The molecule has 2 aromatic heterocycles. The first-order valence-corrected chi connectivity index (χ1v) is 9.61. The molecule has 0 aliphatic carbocycles. The molecule has 1 atom stereocenters. The molecule has 0 spiro atoms. The number of hydrogen-bond acceptors (Lipinski definition) is 3. The Labute approximate surface area is 159 Å². The zero-order valence-corrected chi connectivity index (χ0v) is 16.5. The highest BCUT2D eigenvalue weighted by molar-refractivity contribution is 14.1. The molecule has 124 valence electrons. The summed E-state index contributed by atoms with van der Waals surface area (Å²) in [5, 5.41) is 9.72. The second-order valence-electron chi connectivity index (χ2n) is 5.59. The van der Waals surface area contributed by atoms with Crippen molar-refractivity contribution in [3.8, 4) is 0 Å². The minimum atomic E-state index is -0.0527. The SMILES string of the molecule is Cc1cc(C)n(C(CNC(=O)c2ccccc2I)c2cccs2)n1. The summed E-state index contributed by atoms with van der Waals surface area (Å²) in [5.41, 5.74) is 2.78. The predicted molar refractivity (Wildman–Crippen MR) is 106 cm³/mol. The summed E-state index contributed by atoms with van der Waals surface area (Å²) in [6, 6.07) is 13.8. The largest absolute Gasteiger partial charge is 0.349 e. The molecule has 4 nitrogen and oxygen atoms in total. The molecule has 1 N–H and O–H groups in total. The minimum Gasteiger partial charge on any atom is -0.349 e. The zero-order chi connectivity index (χ0) is 17.1. The van der Waals surface area contributed by atoms with Crippen molar-refractivity contribution in [1.29, 1.82) is 0 Å². The number of aryl methyl sites for hydroxylation is 2. The molecule has 3 rings (SSSR count). The maximum atomic E-state index is 12.5. The van der Waals surface area contributed by atoms with Gasteiger partial charge in [0.15, 0.2) is 0 Å². The molecule has 24 heavy (non-hydrogen) atoms. The number of carbonyl (C=O) groups excluding carboxylic acids is 1. The van der Waals surface area contributed by atoms with Crippen LogP contribution < -0.4 is 5.32 Å². The van der Waals surface area contributed by atoms with Crippen molar-refractivity contribution in [1.82, 2.24) is 15.1 Å². The number of hydrogen-bond donors (Lipinski definition) is 1. The van der Waals surface area contributed by atoms with Gasteiger partial charge >= 0.3 is 0 Å². The van der Waals surface area contributed by atoms with E-state index in [1.165, 1.54) is 4.88 Å².